The van der Waals surface area contributed by atoms with Gasteiger partial charge in [-0.15, -0.1) is 0 Å². The van der Waals surface area contributed by atoms with Crippen LogP contribution in [0.1, 0.15) is 21.5 Å². The van der Waals surface area contributed by atoms with Gasteiger partial charge in [0.05, 0.1) is 0 Å². The summed E-state index contributed by atoms with van der Waals surface area (Å²) in [5.74, 6) is 5.68. The Hall–Kier alpha value is -2.77. The van der Waals surface area contributed by atoms with Crippen LogP contribution >= 0.6 is 0 Å². The van der Waals surface area contributed by atoms with E-state index in [9.17, 15) is 4.79 Å². The lowest BCUT2D eigenvalue weighted by atomic mass is 10.1. The molecule has 2 aromatic carbocycles. The number of primary amides is 1. The average Bonchev–Trinajstić information content (AvgIpc) is 2.52. The lowest BCUT2D eigenvalue weighted by molar-refractivity contribution is 0.1000. The smallest absolute Gasteiger partial charge is 0.248 e. The Morgan fingerprint density at radius 3 is 2.52 bits per heavy atom. The van der Waals surface area contributed by atoms with Crippen molar-refractivity contribution in [3.8, 4) is 17.6 Å². The molecule has 0 bridgehead atoms. The minimum atomic E-state index is -0.467. The van der Waals surface area contributed by atoms with E-state index < -0.39 is 5.91 Å². The first-order chi connectivity index (χ1) is 10.2. The molecule has 0 spiro atoms. The van der Waals surface area contributed by atoms with Crippen molar-refractivity contribution in [2.45, 2.75) is 6.61 Å². The maximum Gasteiger partial charge on any atom is 0.248 e. The van der Waals surface area contributed by atoms with Crippen LogP contribution in [0.5, 0.6) is 5.75 Å². The molecule has 0 aliphatic carbocycles. The second-order valence-electron chi connectivity index (χ2n) is 4.29. The van der Waals surface area contributed by atoms with Gasteiger partial charge in [-0.2, -0.15) is 0 Å². The molecule has 21 heavy (non-hydrogen) atoms. The second kappa shape index (κ2) is 7.13. The van der Waals surface area contributed by atoms with Crippen LogP contribution in [0, 0.1) is 11.8 Å². The number of rotatable bonds is 4. The zero-order valence-electron chi connectivity index (χ0n) is 11.4. The van der Waals surface area contributed by atoms with Crippen LogP contribution in [0.2, 0.25) is 0 Å². The molecular formula is C17H15NO3. The molecule has 1 amide bonds. The lowest BCUT2D eigenvalue weighted by Crippen LogP contribution is -2.10. The van der Waals surface area contributed by atoms with Gasteiger partial charge in [0.1, 0.15) is 19.0 Å². The van der Waals surface area contributed by atoms with Crippen molar-refractivity contribution >= 4 is 5.91 Å². The molecule has 0 saturated heterocycles. The van der Waals surface area contributed by atoms with E-state index in [-0.39, 0.29) is 6.61 Å². The molecular weight excluding hydrogens is 266 g/mol. The molecule has 0 aromatic heterocycles. The van der Waals surface area contributed by atoms with Crippen LogP contribution in [0.4, 0.5) is 0 Å². The summed E-state index contributed by atoms with van der Waals surface area (Å²) in [6.45, 7) is 0.177. The summed E-state index contributed by atoms with van der Waals surface area (Å²) in [5, 5.41) is 8.75. The number of hydrogen-bond acceptors (Lipinski definition) is 3. The van der Waals surface area contributed by atoms with Gasteiger partial charge in [0, 0.05) is 16.7 Å². The highest BCUT2D eigenvalue weighted by atomic mass is 16.5. The fraction of sp³-hybridized carbons (Fsp3) is 0.118. The van der Waals surface area contributed by atoms with Gasteiger partial charge in [0.2, 0.25) is 5.91 Å². The highest BCUT2D eigenvalue weighted by Crippen LogP contribution is 2.15. The van der Waals surface area contributed by atoms with Crippen LogP contribution in [0.25, 0.3) is 0 Å². The van der Waals surface area contributed by atoms with Crippen LogP contribution in [-0.4, -0.2) is 17.6 Å². The van der Waals surface area contributed by atoms with Crippen molar-refractivity contribution < 1.29 is 14.6 Å². The van der Waals surface area contributed by atoms with Crippen molar-refractivity contribution in [3.63, 3.8) is 0 Å². The van der Waals surface area contributed by atoms with E-state index in [0.717, 1.165) is 11.1 Å². The summed E-state index contributed by atoms with van der Waals surface area (Å²) in [4.78, 5) is 11.0. The number of aliphatic hydroxyl groups excluding tert-OH is 1. The van der Waals surface area contributed by atoms with Crippen LogP contribution in [0.3, 0.4) is 0 Å². The van der Waals surface area contributed by atoms with Gasteiger partial charge in [0.15, 0.2) is 0 Å². The van der Waals surface area contributed by atoms with E-state index >= 15 is 0 Å². The van der Waals surface area contributed by atoms with Crippen LogP contribution in [-0.2, 0) is 6.61 Å². The number of carbonyl (C=O) groups is 1. The number of hydrogen-bond donors (Lipinski definition) is 2. The second-order valence-corrected chi connectivity index (χ2v) is 4.29. The molecule has 0 atom stereocenters. The van der Waals surface area contributed by atoms with E-state index in [1.807, 2.05) is 24.3 Å². The highest BCUT2D eigenvalue weighted by Gasteiger charge is 2.03. The summed E-state index contributed by atoms with van der Waals surface area (Å²) in [5.41, 5.74) is 7.37. The quantitative estimate of drug-likeness (QED) is 0.838. The number of ether oxygens (including phenoxy) is 1. The molecule has 0 aliphatic heterocycles. The van der Waals surface area contributed by atoms with Gasteiger partial charge < -0.3 is 15.6 Å². The van der Waals surface area contributed by atoms with E-state index in [0.29, 0.717) is 17.9 Å². The first-order valence-corrected chi connectivity index (χ1v) is 6.41. The van der Waals surface area contributed by atoms with Gasteiger partial charge >= 0.3 is 0 Å². The fourth-order valence-corrected chi connectivity index (χ4v) is 1.78. The summed E-state index contributed by atoms with van der Waals surface area (Å²) in [7, 11) is 0. The maximum atomic E-state index is 11.0. The average molecular weight is 281 g/mol. The van der Waals surface area contributed by atoms with Crippen LogP contribution < -0.4 is 10.5 Å². The third-order valence-corrected chi connectivity index (χ3v) is 2.85. The zero-order chi connectivity index (χ0) is 15.1. The minimum absolute atomic E-state index is 0.177. The molecule has 0 unspecified atom stereocenters. The Bertz CT molecular complexity index is 681. The first kappa shape index (κ1) is 14.6. The van der Waals surface area contributed by atoms with Crippen molar-refractivity contribution in [2.24, 2.45) is 5.73 Å². The molecule has 0 radical (unpaired) electrons. The maximum absolute atomic E-state index is 11.0. The molecule has 0 fully saturated rings. The number of amides is 1. The molecule has 0 saturated carbocycles. The summed E-state index contributed by atoms with van der Waals surface area (Å²) < 4.78 is 5.67. The van der Waals surface area contributed by atoms with Crippen molar-refractivity contribution in [2.75, 3.05) is 6.61 Å². The third kappa shape index (κ3) is 4.10. The Balaban J connectivity index is 2.07. The standard InChI is InChI=1S/C17H15NO3/c18-17(20)14-7-9-16(10-8-14)21-12-15-5-2-1-4-13(15)6-3-11-19/h1-2,4-5,7-10,19H,11-12H2,(H2,18,20). The molecule has 106 valence electrons. The normalized spacial score (nSPS) is 9.57. The number of nitrogens with two attached hydrogens (primary N) is 1. The van der Waals surface area contributed by atoms with Gasteiger partial charge in [-0.25, -0.2) is 0 Å². The Morgan fingerprint density at radius 2 is 1.86 bits per heavy atom. The van der Waals surface area contributed by atoms with Gasteiger partial charge in [0.25, 0.3) is 0 Å². The largest absolute Gasteiger partial charge is 0.489 e. The van der Waals surface area contributed by atoms with E-state index in [1.165, 1.54) is 0 Å². The Morgan fingerprint density at radius 1 is 1.14 bits per heavy atom. The molecule has 3 N–H and O–H groups in total. The minimum Gasteiger partial charge on any atom is -0.489 e. The summed E-state index contributed by atoms with van der Waals surface area (Å²) >= 11 is 0. The highest BCUT2D eigenvalue weighted by molar-refractivity contribution is 5.92. The number of aliphatic hydroxyl groups is 1. The summed E-state index contributed by atoms with van der Waals surface area (Å²) in [6.07, 6.45) is 0. The predicted octanol–water partition coefficient (Wildman–Crippen LogP) is 1.71. The van der Waals surface area contributed by atoms with Crippen LogP contribution in [0.15, 0.2) is 48.5 Å². The molecule has 2 aromatic rings. The molecule has 4 nitrogen and oxygen atoms in total. The first-order valence-electron chi connectivity index (χ1n) is 6.41. The third-order valence-electron chi connectivity index (χ3n) is 2.85. The zero-order valence-corrected chi connectivity index (χ0v) is 11.4. The van der Waals surface area contributed by atoms with E-state index in [2.05, 4.69) is 11.8 Å². The van der Waals surface area contributed by atoms with E-state index in [4.69, 9.17) is 15.6 Å². The molecule has 0 aliphatic rings. The monoisotopic (exact) mass is 281 g/mol. The van der Waals surface area contributed by atoms with Gasteiger partial charge in [-0.1, -0.05) is 30.0 Å². The van der Waals surface area contributed by atoms with Crippen molar-refractivity contribution in [3.05, 3.63) is 65.2 Å². The SMILES string of the molecule is NC(=O)c1ccc(OCc2ccccc2C#CCO)cc1. The molecule has 0 heterocycles. The van der Waals surface area contributed by atoms with E-state index in [1.54, 1.807) is 24.3 Å². The molecule has 2 rings (SSSR count). The van der Waals surface area contributed by atoms with Gasteiger partial charge in [-0.05, 0) is 30.3 Å². The van der Waals surface area contributed by atoms with Crippen molar-refractivity contribution in [1.82, 2.24) is 0 Å². The number of benzene rings is 2. The Labute approximate surface area is 123 Å². The summed E-state index contributed by atoms with van der Waals surface area (Å²) in [6, 6.07) is 14.2. The van der Waals surface area contributed by atoms with Gasteiger partial charge in [-0.3, -0.25) is 4.79 Å². The molecule has 4 heteroatoms. The Kier molecular flexibility index (Phi) is 4.97. The van der Waals surface area contributed by atoms with Crippen molar-refractivity contribution in [1.29, 1.82) is 0 Å². The number of carbonyl (C=O) groups excluding carboxylic acids is 1. The fourth-order valence-electron chi connectivity index (χ4n) is 1.78. The predicted molar refractivity (Wildman–Crippen MR) is 79.7 cm³/mol. The topological polar surface area (TPSA) is 72.6 Å². The lowest BCUT2D eigenvalue weighted by Gasteiger charge is -2.08.